The third-order valence-corrected chi connectivity index (χ3v) is 2.49. The Hall–Kier alpha value is -2.15. The summed E-state index contributed by atoms with van der Waals surface area (Å²) in [6.07, 6.45) is 0. The van der Waals surface area contributed by atoms with E-state index >= 15 is 0 Å². The van der Waals surface area contributed by atoms with Crippen LogP contribution in [0.15, 0.2) is 18.2 Å². The summed E-state index contributed by atoms with van der Waals surface area (Å²) in [6, 6.07) is 4.10. The number of benzene rings is 1. The van der Waals surface area contributed by atoms with Crippen LogP contribution >= 0.6 is 0 Å². The first kappa shape index (κ1) is 14.9. The number of anilines is 1. The van der Waals surface area contributed by atoms with E-state index in [2.05, 4.69) is 10.1 Å². The van der Waals surface area contributed by atoms with Gasteiger partial charge in [-0.2, -0.15) is 0 Å². The number of nitro groups is 1. The van der Waals surface area contributed by atoms with Crippen molar-refractivity contribution in [3.05, 3.63) is 33.9 Å². The first-order chi connectivity index (χ1) is 8.95. The minimum atomic E-state index is -0.523. The van der Waals surface area contributed by atoms with Crippen LogP contribution in [0.25, 0.3) is 0 Å². The molecule has 7 heteroatoms. The van der Waals surface area contributed by atoms with Gasteiger partial charge >= 0.3 is 5.97 Å². The Morgan fingerprint density at radius 3 is 2.68 bits per heavy atom. The maximum Gasteiger partial charge on any atom is 0.337 e. The number of hydrogen-bond donors (Lipinski definition) is 1. The lowest BCUT2D eigenvalue weighted by molar-refractivity contribution is -0.384. The van der Waals surface area contributed by atoms with Crippen molar-refractivity contribution in [2.24, 2.45) is 0 Å². The van der Waals surface area contributed by atoms with Crippen molar-refractivity contribution >= 4 is 17.3 Å². The summed E-state index contributed by atoms with van der Waals surface area (Å²) in [5.41, 5.74) is 0.529. The van der Waals surface area contributed by atoms with Gasteiger partial charge in [0.05, 0.1) is 17.6 Å². The Labute approximate surface area is 111 Å². The molecule has 19 heavy (non-hydrogen) atoms. The lowest BCUT2D eigenvalue weighted by Crippen LogP contribution is -2.21. The highest BCUT2D eigenvalue weighted by Gasteiger charge is 2.16. The van der Waals surface area contributed by atoms with Gasteiger partial charge < -0.3 is 15.0 Å². The minimum absolute atomic E-state index is 0.0635. The molecule has 1 aromatic carbocycles. The standard InChI is InChI=1S/C12H17N3O4/c1-14(2)7-6-13-10-8-9(12(16)19-3)4-5-11(10)15(17)18/h4-5,8,13H,6-7H2,1-3H3. The van der Waals surface area contributed by atoms with Gasteiger partial charge in [0.2, 0.25) is 0 Å². The van der Waals surface area contributed by atoms with E-state index in [0.29, 0.717) is 12.2 Å². The Bertz CT molecular complexity index is 474. The van der Waals surface area contributed by atoms with Crippen molar-refractivity contribution < 1.29 is 14.5 Å². The summed E-state index contributed by atoms with van der Waals surface area (Å²) in [5.74, 6) is -0.523. The maximum absolute atomic E-state index is 11.4. The Morgan fingerprint density at radius 2 is 2.16 bits per heavy atom. The molecule has 0 radical (unpaired) electrons. The molecule has 0 heterocycles. The molecule has 104 valence electrons. The van der Waals surface area contributed by atoms with E-state index in [1.54, 1.807) is 0 Å². The zero-order valence-electron chi connectivity index (χ0n) is 11.2. The largest absolute Gasteiger partial charge is 0.465 e. The van der Waals surface area contributed by atoms with Gasteiger partial charge in [0, 0.05) is 19.2 Å². The van der Waals surface area contributed by atoms with Crippen molar-refractivity contribution in [3.8, 4) is 0 Å². The topological polar surface area (TPSA) is 84.7 Å². The van der Waals surface area contributed by atoms with E-state index in [9.17, 15) is 14.9 Å². The van der Waals surface area contributed by atoms with Crippen molar-refractivity contribution in [2.75, 3.05) is 39.6 Å². The molecule has 0 saturated carbocycles. The van der Waals surface area contributed by atoms with Crippen LogP contribution in [-0.2, 0) is 4.74 Å². The second-order valence-electron chi connectivity index (χ2n) is 4.21. The van der Waals surface area contributed by atoms with Gasteiger partial charge in [-0.05, 0) is 26.2 Å². The summed E-state index contributed by atoms with van der Waals surface area (Å²) in [7, 11) is 5.07. The number of likely N-dealkylation sites (N-methyl/N-ethyl adjacent to an activating group) is 1. The van der Waals surface area contributed by atoms with Gasteiger partial charge in [-0.25, -0.2) is 4.79 Å². The van der Waals surface area contributed by atoms with Crippen LogP contribution < -0.4 is 5.32 Å². The molecule has 7 nitrogen and oxygen atoms in total. The third-order valence-electron chi connectivity index (χ3n) is 2.49. The zero-order chi connectivity index (χ0) is 14.4. The minimum Gasteiger partial charge on any atom is -0.465 e. The first-order valence-corrected chi connectivity index (χ1v) is 5.71. The number of nitrogens with zero attached hydrogens (tertiary/aromatic N) is 2. The number of nitro benzene ring substituents is 1. The number of rotatable bonds is 6. The van der Waals surface area contributed by atoms with Crippen LogP contribution in [-0.4, -0.2) is 50.1 Å². The second kappa shape index (κ2) is 6.69. The molecule has 0 fully saturated rings. The molecular formula is C12H17N3O4. The maximum atomic E-state index is 11.4. The third kappa shape index (κ3) is 4.22. The number of hydrogen-bond acceptors (Lipinski definition) is 6. The molecule has 0 spiro atoms. The molecule has 1 aromatic rings. The number of carbonyl (C=O) groups excluding carboxylic acids is 1. The molecule has 0 aliphatic heterocycles. The number of nitrogens with one attached hydrogen (secondary N) is 1. The fourth-order valence-corrected chi connectivity index (χ4v) is 1.50. The molecule has 1 rings (SSSR count). The number of esters is 1. The monoisotopic (exact) mass is 267 g/mol. The molecule has 0 atom stereocenters. The van der Waals surface area contributed by atoms with Gasteiger partial charge in [-0.15, -0.1) is 0 Å². The number of methoxy groups -OCH3 is 1. The van der Waals surface area contributed by atoms with Crippen LogP contribution in [0.1, 0.15) is 10.4 Å². The fraction of sp³-hybridized carbons (Fsp3) is 0.417. The van der Waals surface area contributed by atoms with Crippen LogP contribution in [0, 0.1) is 10.1 Å². The van der Waals surface area contributed by atoms with Crippen molar-refractivity contribution in [1.29, 1.82) is 0 Å². The number of ether oxygens (including phenoxy) is 1. The average molecular weight is 267 g/mol. The number of carbonyl (C=O) groups is 1. The molecule has 1 N–H and O–H groups in total. The molecule has 0 saturated heterocycles. The van der Waals surface area contributed by atoms with Gasteiger partial charge in [0.1, 0.15) is 5.69 Å². The van der Waals surface area contributed by atoms with Gasteiger partial charge in [-0.1, -0.05) is 0 Å². The summed E-state index contributed by atoms with van der Waals surface area (Å²) in [5, 5.41) is 13.9. The molecule has 0 amide bonds. The molecule has 0 unspecified atom stereocenters. The molecule has 0 aromatic heterocycles. The molecule has 0 aliphatic carbocycles. The van der Waals surface area contributed by atoms with Crippen LogP contribution in [0.4, 0.5) is 11.4 Å². The van der Waals surface area contributed by atoms with Crippen molar-refractivity contribution in [1.82, 2.24) is 4.90 Å². The Kier molecular flexibility index (Phi) is 5.25. The zero-order valence-corrected chi connectivity index (χ0v) is 11.2. The van der Waals surface area contributed by atoms with Crippen molar-refractivity contribution in [2.45, 2.75) is 0 Å². The van der Waals surface area contributed by atoms with E-state index in [1.807, 2.05) is 19.0 Å². The Morgan fingerprint density at radius 1 is 1.47 bits per heavy atom. The van der Waals surface area contributed by atoms with Gasteiger partial charge in [-0.3, -0.25) is 10.1 Å². The predicted molar refractivity (Wildman–Crippen MR) is 71.5 cm³/mol. The summed E-state index contributed by atoms with van der Waals surface area (Å²) in [4.78, 5) is 23.8. The summed E-state index contributed by atoms with van der Waals surface area (Å²) >= 11 is 0. The Balaban J connectivity index is 2.95. The van der Waals surface area contributed by atoms with E-state index in [4.69, 9.17) is 0 Å². The molecule has 0 bridgehead atoms. The van der Waals surface area contributed by atoms with Gasteiger partial charge in [0.15, 0.2) is 0 Å². The molecular weight excluding hydrogens is 250 g/mol. The summed E-state index contributed by atoms with van der Waals surface area (Å²) < 4.78 is 4.59. The van der Waals surface area contributed by atoms with Crippen LogP contribution in [0.3, 0.4) is 0 Å². The summed E-state index contributed by atoms with van der Waals surface area (Å²) in [6.45, 7) is 1.26. The second-order valence-corrected chi connectivity index (χ2v) is 4.21. The van der Waals surface area contributed by atoms with Crippen LogP contribution in [0.5, 0.6) is 0 Å². The van der Waals surface area contributed by atoms with Crippen LogP contribution in [0.2, 0.25) is 0 Å². The van der Waals surface area contributed by atoms with Crippen molar-refractivity contribution in [3.63, 3.8) is 0 Å². The van der Waals surface area contributed by atoms with E-state index in [0.717, 1.165) is 6.54 Å². The first-order valence-electron chi connectivity index (χ1n) is 5.71. The van der Waals surface area contributed by atoms with E-state index in [1.165, 1.54) is 25.3 Å². The highest BCUT2D eigenvalue weighted by molar-refractivity contribution is 5.91. The predicted octanol–water partition coefficient (Wildman–Crippen LogP) is 1.35. The average Bonchev–Trinajstić information content (AvgIpc) is 2.37. The van der Waals surface area contributed by atoms with Gasteiger partial charge in [0.25, 0.3) is 5.69 Å². The fourth-order valence-electron chi connectivity index (χ4n) is 1.50. The lowest BCUT2D eigenvalue weighted by Gasteiger charge is -2.12. The van der Waals surface area contributed by atoms with E-state index in [-0.39, 0.29) is 11.3 Å². The SMILES string of the molecule is COC(=O)c1ccc([N+](=O)[O-])c(NCCN(C)C)c1. The lowest BCUT2D eigenvalue weighted by atomic mass is 10.1. The molecule has 0 aliphatic rings. The highest BCUT2D eigenvalue weighted by Crippen LogP contribution is 2.25. The normalized spacial score (nSPS) is 10.3. The van der Waals surface area contributed by atoms with E-state index < -0.39 is 10.9 Å². The smallest absolute Gasteiger partial charge is 0.337 e. The quantitative estimate of drug-likeness (QED) is 0.476. The highest BCUT2D eigenvalue weighted by atomic mass is 16.6.